The zero-order chi connectivity index (χ0) is 25.2. The van der Waals surface area contributed by atoms with E-state index in [0.717, 1.165) is 31.2 Å². The number of amides is 1. The van der Waals surface area contributed by atoms with Gasteiger partial charge in [0.2, 0.25) is 5.95 Å². The first-order chi connectivity index (χ1) is 16.6. The average molecular weight is 482 g/mol. The topological polar surface area (TPSA) is 102 Å². The number of aromatic nitrogens is 4. The molecule has 0 aliphatic heterocycles. The number of hydrogen-bond acceptors (Lipinski definition) is 7. The van der Waals surface area contributed by atoms with Gasteiger partial charge in [-0.2, -0.15) is 19.6 Å². The van der Waals surface area contributed by atoms with Gasteiger partial charge in [0, 0.05) is 11.1 Å². The number of carbonyl (C=O) groups excluding carboxylic acids is 1. The summed E-state index contributed by atoms with van der Waals surface area (Å²) in [6.07, 6.45) is 6.51. The Bertz CT molecular complexity index is 1180. The van der Waals surface area contributed by atoms with Crippen molar-refractivity contribution < 1.29 is 19.4 Å². The lowest BCUT2D eigenvalue weighted by Crippen LogP contribution is -2.38. The van der Waals surface area contributed by atoms with Crippen LogP contribution in [0.5, 0.6) is 11.8 Å². The van der Waals surface area contributed by atoms with E-state index >= 15 is 0 Å². The quantitative estimate of drug-likeness (QED) is 0.488. The standard InChI is InChI=1S/C26H35N5O4/c1-17(2)20-15-27-31-22(20)28-23(34-19-12-7-6-8-13-19)29-24(31)30(25(33)35-26(3,4)5)16-18-11-9-10-14-21(18)32/h9-11,14-15,17,19,32H,6-8,12-13,16H2,1-5H3. The van der Waals surface area contributed by atoms with E-state index in [0.29, 0.717) is 11.2 Å². The third kappa shape index (κ3) is 5.83. The van der Waals surface area contributed by atoms with Gasteiger partial charge in [0.1, 0.15) is 17.5 Å². The van der Waals surface area contributed by atoms with Crippen molar-refractivity contribution in [1.29, 1.82) is 0 Å². The Kier molecular flexibility index (Phi) is 7.14. The Labute approximate surface area is 206 Å². The molecular formula is C26H35N5O4. The summed E-state index contributed by atoms with van der Waals surface area (Å²) in [6, 6.07) is 7.10. The van der Waals surface area contributed by atoms with Gasteiger partial charge in [-0.3, -0.25) is 0 Å². The van der Waals surface area contributed by atoms with Crippen molar-refractivity contribution in [3.05, 3.63) is 41.6 Å². The molecule has 0 bridgehead atoms. The van der Waals surface area contributed by atoms with E-state index in [2.05, 4.69) is 23.9 Å². The van der Waals surface area contributed by atoms with Gasteiger partial charge in [-0.05, 0) is 58.4 Å². The number of ether oxygens (including phenoxy) is 2. The van der Waals surface area contributed by atoms with Crippen molar-refractivity contribution in [3.8, 4) is 11.8 Å². The van der Waals surface area contributed by atoms with Crippen molar-refractivity contribution in [2.24, 2.45) is 0 Å². The number of anilines is 1. The summed E-state index contributed by atoms with van der Waals surface area (Å²) in [7, 11) is 0. The Morgan fingerprint density at radius 2 is 1.89 bits per heavy atom. The van der Waals surface area contributed by atoms with E-state index in [4.69, 9.17) is 14.5 Å². The molecule has 0 atom stereocenters. The van der Waals surface area contributed by atoms with Gasteiger partial charge >= 0.3 is 12.1 Å². The molecular weight excluding hydrogens is 446 g/mol. The number of rotatable bonds is 6. The first-order valence-corrected chi connectivity index (χ1v) is 12.3. The predicted octanol–water partition coefficient (Wildman–Crippen LogP) is 5.61. The highest BCUT2D eigenvalue weighted by atomic mass is 16.6. The number of carbonyl (C=O) groups is 1. The number of para-hydroxylation sites is 1. The van der Waals surface area contributed by atoms with Crippen LogP contribution in [0.3, 0.4) is 0 Å². The molecule has 2 heterocycles. The first-order valence-electron chi connectivity index (χ1n) is 12.3. The van der Waals surface area contributed by atoms with Crippen molar-refractivity contribution in [1.82, 2.24) is 19.6 Å². The van der Waals surface area contributed by atoms with Crippen LogP contribution < -0.4 is 9.64 Å². The van der Waals surface area contributed by atoms with E-state index in [1.165, 1.54) is 11.3 Å². The largest absolute Gasteiger partial charge is 0.508 e. The van der Waals surface area contributed by atoms with E-state index in [-0.39, 0.29) is 36.3 Å². The Balaban J connectivity index is 1.83. The predicted molar refractivity (Wildman–Crippen MR) is 133 cm³/mol. The molecule has 0 unspecified atom stereocenters. The number of benzene rings is 1. The van der Waals surface area contributed by atoms with Crippen molar-refractivity contribution in [2.45, 2.75) is 90.9 Å². The lowest BCUT2D eigenvalue weighted by atomic mass is 9.98. The number of nitrogens with zero attached hydrogens (tertiary/aromatic N) is 5. The fourth-order valence-electron chi connectivity index (χ4n) is 4.18. The molecule has 1 N–H and O–H groups in total. The molecule has 1 aliphatic carbocycles. The van der Waals surface area contributed by atoms with Gasteiger partial charge in [0.05, 0.1) is 12.7 Å². The Morgan fingerprint density at radius 3 is 2.54 bits per heavy atom. The Morgan fingerprint density at radius 1 is 1.17 bits per heavy atom. The molecule has 1 aromatic carbocycles. The lowest BCUT2D eigenvalue weighted by molar-refractivity contribution is 0.0573. The molecule has 9 nitrogen and oxygen atoms in total. The maximum Gasteiger partial charge on any atom is 0.417 e. The highest BCUT2D eigenvalue weighted by Crippen LogP contribution is 2.29. The Hall–Kier alpha value is -3.36. The van der Waals surface area contributed by atoms with Gasteiger partial charge in [-0.15, -0.1) is 0 Å². The summed E-state index contributed by atoms with van der Waals surface area (Å²) >= 11 is 0. The van der Waals surface area contributed by atoms with Gasteiger partial charge < -0.3 is 14.6 Å². The van der Waals surface area contributed by atoms with Gasteiger partial charge in [0.15, 0.2) is 5.65 Å². The SMILES string of the molecule is CC(C)c1cnn2c(N(Cc3ccccc3O)C(=O)OC(C)(C)C)nc(OC3CCCCC3)nc12. The molecule has 4 rings (SSSR count). The highest BCUT2D eigenvalue weighted by Gasteiger charge is 2.30. The molecule has 1 saturated carbocycles. The summed E-state index contributed by atoms with van der Waals surface area (Å²) < 4.78 is 13.5. The van der Waals surface area contributed by atoms with Gasteiger partial charge in [-0.1, -0.05) is 38.5 Å². The second-order valence-electron chi connectivity index (χ2n) is 10.4. The first kappa shape index (κ1) is 24.8. The second-order valence-corrected chi connectivity index (χ2v) is 10.4. The van der Waals surface area contributed by atoms with E-state index in [9.17, 15) is 9.90 Å². The van der Waals surface area contributed by atoms with Crippen molar-refractivity contribution in [2.75, 3.05) is 4.90 Å². The van der Waals surface area contributed by atoms with Crippen LogP contribution in [-0.4, -0.2) is 42.5 Å². The monoisotopic (exact) mass is 481 g/mol. The molecule has 188 valence electrons. The van der Waals surface area contributed by atoms with Crippen LogP contribution >= 0.6 is 0 Å². The third-order valence-corrected chi connectivity index (χ3v) is 5.98. The van der Waals surface area contributed by atoms with Crippen LogP contribution in [0.1, 0.15) is 83.8 Å². The van der Waals surface area contributed by atoms with Crippen LogP contribution in [-0.2, 0) is 11.3 Å². The summed E-state index contributed by atoms with van der Waals surface area (Å²) in [5.41, 5.74) is 1.33. The van der Waals surface area contributed by atoms with Crippen LogP contribution in [0.2, 0.25) is 0 Å². The smallest absolute Gasteiger partial charge is 0.417 e. The average Bonchev–Trinajstić information content (AvgIpc) is 3.22. The molecule has 0 radical (unpaired) electrons. The van der Waals surface area contributed by atoms with Crippen LogP contribution in [0.4, 0.5) is 10.7 Å². The van der Waals surface area contributed by atoms with Crippen molar-refractivity contribution in [3.63, 3.8) is 0 Å². The van der Waals surface area contributed by atoms with Gasteiger partial charge in [0.25, 0.3) is 0 Å². The normalized spacial score (nSPS) is 14.9. The third-order valence-electron chi connectivity index (χ3n) is 5.98. The second kappa shape index (κ2) is 10.1. The fraction of sp³-hybridized carbons (Fsp3) is 0.538. The molecule has 3 aromatic rings. The lowest BCUT2D eigenvalue weighted by Gasteiger charge is -2.27. The summed E-state index contributed by atoms with van der Waals surface area (Å²) in [5, 5.41) is 14.9. The molecule has 0 spiro atoms. The highest BCUT2D eigenvalue weighted by molar-refractivity contribution is 5.86. The van der Waals surface area contributed by atoms with E-state index < -0.39 is 11.7 Å². The number of fused-ring (bicyclic) bond motifs is 1. The zero-order valence-corrected chi connectivity index (χ0v) is 21.2. The number of aromatic hydroxyl groups is 1. The molecule has 2 aromatic heterocycles. The maximum atomic E-state index is 13.4. The van der Waals surface area contributed by atoms with E-state index in [1.807, 2.05) is 0 Å². The molecule has 1 aliphatic rings. The molecule has 1 amide bonds. The van der Waals surface area contributed by atoms with Crippen LogP contribution in [0, 0.1) is 0 Å². The minimum atomic E-state index is -0.727. The number of phenols is 1. The van der Waals surface area contributed by atoms with Crippen LogP contribution in [0.15, 0.2) is 30.5 Å². The summed E-state index contributed by atoms with van der Waals surface area (Å²) in [6.45, 7) is 9.58. The molecule has 35 heavy (non-hydrogen) atoms. The summed E-state index contributed by atoms with van der Waals surface area (Å²) in [5.74, 6) is 0.463. The molecule has 9 heteroatoms. The maximum absolute atomic E-state index is 13.4. The number of hydrogen-bond donors (Lipinski definition) is 1. The minimum Gasteiger partial charge on any atom is -0.508 e. The summed E-state index contributed by atoms with van der Waals surface area (Å²) in [4.78, 5) is 24.2. The van der Waals surface area contributed by atoms with Crippen LogP contribution in [0.25, 0.3) is 5.65 Å². The number of phenolic OH excluding ortho intramolecular Hbond substituents is 1. The zero-order valence-electron chi connectivity index (χ0n) is 21.2. The fourth-order valence-corrected chi connectivity index (χ4v) is 4.18. The van der Waals surface area contributed by atoms with E-state index in [1.54, 1.807) is 55.7 Å². The van der Waals surface area contributed by atoms with Crippen molar-refractivity contribution >= 4 is 17.7 Å². The van der Waals surface area contributed by atoms with Gasteiger partial charge in [-0.25, -0.2) is 9.69 Å². The minimum absolute atomic E-state index is 0.0352. The molecule has 0 saturated heterocycles. The molecule has 1 fully saturated rings.